The average molecular weight is 214 g/mol. The molecule has 1 atom stereocenters. The summed E-state index contributed by atoms with van der Waals surface area (Å²) in [6.07, 6.45) is 11.5. The zero-order chi connectivity index (χ0) is 11.8. The van der Waals surface area contributed by atoms with Crippen molar-refractivity contribution in [1.29, 1.82) is 0 Å². The Labute approximate surface area is 100 Å². The highest BCUT2D eigenvalue weighted by molar-refractivity contribution is 5.21. The van der Waals surface area contributed by atoms with E-state index in [4.69, 9.17) is 6.42 Å². The second-order valence-corrected chi connectivity index (χ2v) is 4.53. The van der Waals surface area contributed by atoms with Crippen molar-refractivity contribution in [2.45, 2.75) is 46.0 Å². The van der Waals surface area contributed by atoms with Crippen molar-refractivity contribution in [3.8, 4) is 12.3 Å². The summed E-state index contributed by atoms with van der Waals surface area (Å²) in [6, 6.07) is 8.77. The molecular weight excluding hydrogens is 192 g/mol. The summed E-state index contributed by atoms with van der Waals surface area (Å²) in [5.41, 5.74) is 2.73. The van der Waals surface area contributed by atoms with Gasteiger partial charge in [0.05, 0.1) is 0 Å². The van der Waals surface area contributed by atoms with Crippen molar-refractivity contribution in [2.75, 3.05) is 0 Å². The first kappa shape index (κ1) is 12.8. The van der Waals surface area contributed by atoms with Gasteiger partial charge in [-0.15, -0.1) is 12.3 Å². The lowest BCUT2D eigenvalue weighted by molar-refractivity contribution is 0.534. The largest absolute Gasteiger partial charge is 0.120 e. The second-order valence-electron chi connectivity index (χ2n) is 4.53. The third-order valence-corrected chi connectivity index (χ3v) is 3.04. The first-order valence-electron chi connectivity index (χ1n) is 6.28. The van der Waals surface area contributed by atoms with E-state index in [0.717, 1.165) is 12.8 Å². The highest BCUT2D eigenvalue weighted by atomic mass is 14.1. The normalized spacial score (nSPS) is 12.1. The number of unbranched alkanes of at least 4 members (excludes halogenated alkanes) is 1. The van der Waals surface area contributed by atoms with E-state index in [1.54, 1.807) is 0 Å². The third kappa shape index (κ3) is 4.53. The van der Waals surface area contributed by atoms with Crippen LogP contribution in [-0.4, -0.2) is 0 Å². The van der Waals surface area contributed by atoms with Gasteiger partial charge in [0.2, 0.25) is 0 Å². The lowest BCUT2D eigenvalue weighted by Crippen LogP contribution is -1.99. The first-order valence-corrected chi connectivity index (χ1v) is 6.28. The van der Waals surface area contributed by atoms with Gasteiger partial charge < -0.3 is 0 Å². The molecule has 16 heavy (non-hydrogen) atoms. The van der Waals surface area contributed by atoms with Gasteiger partial charge in [0.25, 0.3) is 0 Å². The molecule has 0 aliphatic rings. The molecule has 0 radical (unpaired) electrons. The molecule has 0 heterocycles. The number of terminal acetylenes is 1. The van der Waals surface area contributed by atoms with Gasteiger partial charge >= 0.3 is 0 Å². The minimum absolute atomic E-state index is 0.459. The van der Waals surface area contributed by atoms with Crippen LogP contribution >= 0.6 is 0 Å². The quantitative estimate of drug-likeness (QED) is 0.617. The van der Waals surface area contributed by atoms with E-state index in [-0.39, 0.29) is 0 Å². The molecule has 0 fully saturated rings. The van der Waals surface area contributed by atoms with E-state index in [1.165, 1.54) is 30.4 Å². The fourth-order valence-electron chi connectivity index (χ4n) is 1.86. The Hall–Kier alpha value is -1.22. The highest BCUT2D eigenvalue weighted by Gasteiger charge is 2.04. The Morgan fingerprint density at radius 1 is 1.19 bits per heavy atom. The Kier molecular flexibility index (Phi) is 5.72. The maximum absolute atomic E-state index is 5.55. The number of hydrogen-bond donors (Lipinski definition) is 0. The van der Waals surface area contributed by atoms with Crippen LogP contribution in [0.25, 0.3) is 0 Å². The fourth-order valence-corrected chi connectivity index (χ4v) is 1.86. The van der Waals surface area contributed by atoms with Crippen LogP contribution in [-0.2, 0) is 6.42 Å². The van der Waals surface area contributed by atoms with Crippen molar-refractivity contribution in [3.63, 3.8) is 0 Å². The van der Waals surface area contributed by atoms with Crippen molar-refractivity contribution in [1.82, 2.24) is 0 Å². The molecule has 0 amide bonds. The van der Waals surface area contributed by atoms with Crippen molar-refractivity contribution in [3.05, 3.63) is 35.4 Å². The molecule has 0 aliphatic carbocycles. The Morgan fingerprint density at radius 2 is 1.88 bits per heavy atom. The molecule has 0 spiro atoms. The maximum Gasteiger partial charge on any atom is 0.0203 e. The number of hydrogen-bond acceptors (Lipinski definition) is 0. The minimum atomic E-state index is 0.459. The van der Waals surface area contributed by atoms with Gasteiger partial charge in [0, 0.05) is 5.92 Å². The summed E-state index contributed by atoms with van der Waals surface area (Å²) in [4.78, 5) is 0. The van der Waals surface area contributed by atoms with E-state index in [1.807, 2.05) is 0 Å². The number of aryl methyl sites for hydroxylation is 2. The lowest BCUT2D eigenvalue weighted by atomic mass is 9.95. The van der Waals surface area contributed by atoms with Crippen LogP contribution < -0.4 is 0 Å². The third-order valence-electron chi connectivity index (χ3n) is 3.04. The zero-order valence-electron chi connectivity index (χ0n) is 10.5. The summed E-state index contributed by atoms with van der Waals surface area (Å²) < 4.78 is 0. The molecule has 0 saturated heterocycles. The summed E-state index contributed by atoms with van der Waals surface area (Å²) in [5.74, 6) is 3.38. The van der Waals surface area contributed by atoms with E-state index in [2.05, 4.69) is 44.0 Å². The fraction of sp³-hybridized carbons (Fsp3) is 0.500. The van der Waals surface area contributed by atoms with Crippen LogP contribution in [0.1, 0.15) is 43.7 Å². The predicted molar refractivity (Wildman–Crippen MR) is 71.3 cm³/mol. The van der Waals surface area contributed by atoms with Gasteiger partial charge in [0.15, 0.2) is 0 Å². The van der Waals surface area contributed by atoms with E-state index >= 15 is 0 Å². The molecule has 0 saturated carbocycles. The van der Waals surface area contributed by atoms with Crippen molar-refractivity contribution in [2.24, 2.45) is 5.92 Å². The van der Waals surface area contributed by atoms with Crippen LogP contribution in [0.2, 0.25) is 0 Å². The van der Waals surface area contributed by atoms with Gasteiger partial charge in [-0.2, -0.15) is 0 Å². The first-order chi connectivity index (χ1) is 7.76. The molecule has 1 aromatic carbocycles. The molecule has 0 bridgehead atoms. The molecule has 0 nitrogen and oxygen atoms in total. The summed E-state index contributed by atoms with van der Waals surface area (Å²) in [7, 11) is 0. The summed E-state index contributed by atoms with van der Waals surface area (Å²) in [6.45, 7) is 4.34. The topological polar surface area (TPSA) is 0 Å². The highest BCUT2D eigenvalue weighted by Crippen LogP contribution is 2.15. The molecule has 1 unspecified atom stereocenters. The molecule has 0 heteroatoms. The summed E-state index contributed by atoms with van der Waals surface area (Å²) in [5, 5.41) is 0. The lowest BCUT2D eigenvalue weighted by Gasteiger charge is -2.09. The Balaban J connectivity index is 2.38. The van der Waals surface area contributed by atoms with Crippen LogP contribution in [0.4, 0.5) is 0 Å². The predicted octanol–water partition coefficient (Wildman–Crippen LogP) is 4.37. The van der Waals surface area contributed by atoms with Gasteiger partial charge in [-0.05, 0) is 31.7 Å². The molecule has 1 aromatic rings. The van der Waals surface area contributed by atoms with Crippen molar-refractivity contribution >= 4 is 0 Å². The molecule has 0 aromatic heterocycles. The van der Waals surface area contributed by atoms with E-state index < -0.39 is 0 Å². The van der Waals surface area contributed by atoms with Crippen LogP contribution in [0, 0.1) is 25.2 Å². The van der Waals surface area contributed by atoms with Crippen LogP contribution in [0.5, 0.6) is 0 Å². The molecule has 0 N–H and O–H groups in total. The maximum atomic E-state index is 5.55. The Morgan fingerprint density at radius 3 is 2.44 bits per heavy atom. The SMILES string of the molecule is C#CC(CCCC)CCc1ccc(C)cc1. The molecule has 0 aliphatic heterocycles. The molecular formula is C16H22. The van der Waals surface area contributed by atoms with Crippen molar-refractivity contribution < 1.29 is 0 Å². The zero-order valence-corrected chi connectivity index (χ0v) is 10.5. The number of benzene rings is 1. The summed E-state index contributed by atoms with van der Waals surface area (Å²) >= 11 is 0. The van der Waals surface area contributed by atoms with Gasteiger partial charge in [-0.1, -0.05) is 49.6 Å². The second kappa shape index (κ2) is 7.12. The van der Waals surface area contributed by atoms with Crippen LogP contribution in [0.3, 0.4) is 0 Å². The minimum Gasteiger partial charge on any atom is -0.120 e. The van der Waals surface area contributed by atoms with Gasteiger partial charge in [0.1, 0.15) is 0 Å². The molecule has 86 valence electrons. The number of rotatable bonds is 6. The Bertz CT molecular complexity index is 326. The monoisotopic (exact) mass is 214 g/mol. The van der Waals surface area contributed by atoms with Gasteiger partial charge in [-0.3, -0.25) is 0 Å². The average Bonchev–Trinajstić information content (AvgIpc) is 2.32. The van der Waals surface area contributed by atoms with E-state index in [9.17, 15) is 0 Å². The van der Waals surface area contributed by atoms with Crippen LogP contribution in [0.15, 0.2) is 24.3 Å². The van der Waals surface area contributed by atoms with E-state index in [0.29, 0.717) is 5.92 Å². The van der Waals surface area contributed by atoms with Gasteiger partial charge in [-0.25, -0.2) is 0 Å². The molecule has 1 rings (SSSR count). The smallest absolute Gasteiger partial charge is 0.0203 e. The standard InChI is InChI=1S/C16H22/c1-4-6-7-15(5-2)12-13-16-10-8-14(3)9-11-16/h2,8-11,15H,4,6-7,12-13H2,1,3H3.